The summed E-state index contributed by atoms with van der Waals surface area (Å²) in [5.41, 5.74) is 0.414. The number of ketones is 1. The molecule has 15 heavy (non-hydrogen) atoms. The molecular formula is C10H12BrCl3O. The molecule has 0 aromatic carbocycles. The van der Waals surface area contributed by atoms with Gasteiger partial charge in [-0.05, 0) is 19.4 Å². The number of hydrogen-bond acceptors (Lipinski definition) is 1. The van der Waals surface area contributed by atoms with Crippen molar-refractivity contribution in [1.29, 1.82) is 0 Å². The van der Waals surface area contributed by atoms with Crippen LogP contribution in [0.4, 0.5) is 0 Å². The lowest BCUT2D eigenvalue weighted by Crippen LogP contribution is -2.31. The fourth-order valence-corrected chi connectivity index (χ4v) is 1.80. The van der Waals surface area contributed by atoms with E-state index in [0.717, 1.165) is 0 Å². The van der Waals surface area contributed by atoms with Gasteiger partial charge in [0.25, 0.3) is 0 Å². The van der Waals surface area contributed by atoms with Gasteiger partial charge in [0, 0.05) is 17.0 Å². The number of alkyl halides is 3. The lowest BCUT2D eigenvalue weighted by Gasteiger charge is -2.25. The summed E-state index contributed by atoms with van der Waals surface area (Å²) in [6.07, 6.45) is 1.28. The maximum Gasteiger partial charge on any atom is 0.182 e. The zero-order chi connectivity index (χ0) is 12.2. The topological polar surface area (TPSA) is 17.1 Å². The molecule has 0 aliphatic rings. The second-order valence-electron chi connectivity index (χ2n) is 3.33. The smallest absolute Gasteiger partial charge is 0.182 e. The van der Waals surface area contributed by atoms with Crippen molar-refractivity contribution in [2.24, 2.45) is 0 Å². The van der Waals surface area contributed by atoms with Gasteiger partial charge in [-0.2, -0.15) is 0 Å². The highest BCUT2D eigenvalue weighted by Crippen LogP contribution is 2.36. The Balaban J connectivity index is 4.91. The Morgan fingerprint density at radius 2 is 2.13 bits per heavy atom. The average molecular weight is 334 g/mol. The predicted molar refractivity (Wildman–Crippen MR) is 71.5 cm³/mol. The summed E-state index contributed by atoms with van der Waals surface area (Å²) in [4.78, 5) is 10.2. The van der Waals surface area contributed by atoms with Crippen LogP contribution in [0.25, 0.3) is 0 Å². The highest BCUT2D eigenvalue weighted by Gasteiger charge is 2.33. The maximum atomic E-state index is 11.3. The van der Waals surface area contributed by atoms with Gasteiger partial charge >= 0.3 is 0 Å². The molecule has 0 heterocycles. The van der Waals surface area contributed by atoms with Crippen LogP contribution in [-0.4, -0.2) is 21.4 Å². The van der Waals surface area contributed by atoms with Crippen molar-refractivity contribution in [3.63, 3.8) is 0 Å². The summed E-state index contributed by atoms with van der Waals surface area (Å²) in [6.45, 7) is 6.83. The number of rotatable bonds is 5. The number of allylic oxidation sites excluding steroid dienone is 3. The van der Waals surface area contributed by atoms with Crippen LogP contribution in [0.5, 0.6) is 0 Å². The van der Waals surface area contributed by atoms with Gasteiger partial charge in [0.2, 0.25) is 0 Å². The van der Waals surface area contributed by atoms with E-state index in [1.165, 1.54) is 6.08 Å². The Kier molecular flexibility index (Phi) is 6.50. The van der Waals surface area contributed by atoms with E-state index in [0.29, 0.717) is 11.5 Å². The van der Waals surface area contributed by atoms with Crippen molar-refractivity contribution >= 4 is 56.5 Å². The molecule has 0 radical (unpaired) electrons. The molecule has 0 aliphatic heterocycles. The lowest BCUT2D eigenvalue weighted by atomic mass is 10.1. The van der Waals surface area contributed by atoms with Crippen LogP contribution in [0, 0.1) is 0 Å². The Bertz CT molecular complexity index is 297. The quantitative estimate of drug-likeness (QED) is 0.542. The molecule has 1 nitrogen and oxygen atoms in total. The van der Waals surface area contributed by atoms with Crippen molar-refractivity contribution in [3.8, 4) is 0 Å². The van der Waals surface area contributed by atoms with Crippen LogP contribution < -0.4 is 0 Å². The monoisotopic (exact) mass is 332 g/mol. The Hall–Kier alpha value is 0.500. The molecule has 0 fully saturated rings. The molecule has 86 valence electrons. The molecule has 0 saturated carbocycles. The first-order chi connectivity index (χ1) is 6.73. The summed E-state index contributed by atoms with van der Waals surface area (Å²) in [5, 5.41) is 0.250. The third-order valence-electron chi connectivity index (χ3n) is 1.87. The predicted octanol–water partition coefficient (Wildman–Crippen LogP) is 4.25. The third kappa shape index (κ3) is 4.48. The Labute approximate surface area is 114 Å². The number of carbonyl (C=O) groups is 1. The first-order valence-electron chi connectivity index (χ1n) is 4.20. The van der Waals surface area contributed by atoms with Crippen LogP contribution in [0.3, 0.4) is 0 Å². The Morgan fingerprint density at radius 1 is 1.67 bits per heavy atom. The Morgan fingerprint density at radius 3 is 2.47 bits per heavy atom. The van der Waals surface area contributed by atoms with Gasteiger partial charge in [-0.1, -0.05) is 34.1 Å². The summed E-state index contributed by atoms with van der Waals surface area (Å²) in [5.74, 6) is 0.0619. The summed E-state index contributed by atoms with van der Waals surface area (Å²) >= 11 is 21.1. The van der Waals surface area contributed by atoms with Crippen LogP contribution in [0.2, 0.25) is 0 Å². The fraction of sp³-hybridized carbons (Fsp3) is 0.500. The van der Waals surface area contributed by atoms with Crippen LogP contribution in [0.1, 0.15) is 13.8 Å². The van der Waals surface area contributed by atoms with Gasteiger partial charge in [0.05, 0.1) is 9.70 Å². The van der Waals surface area contributed by atoms with Gasteiger partial charge < -0.3 is 0 Å². The molecule has 0 bridgehead atoms. The standard InChI is InChI=1S/C10H12BrCl3O/c1-6(2)7(15)4-9(13)10(3,14)8(11)5-12/h4,8H,1,5H2,2-3H3/b9-4-/t8-,10+/m1/s1. The largest absolute Gasteiger partial charge is 0.290 e. The molecule has 0 aromatic heterocycles. The van der Waals surface area contributed by atoms with E-state index in [1.807, 2.05) is 0 Å². The molecule has 0 unspecified atom stereocenters. The van der Waals surface area contributed by atoms with Crippen molar-refractivity contribution in [2.45, 2.75) is 23.5 Å². The molecule has 2 atom stereocenters. The van der Waals surface area contributed by atoms with E-state index in [1.54, 1.807) is 13.8 Å². The van der Waals surface area contributed by atoms with Gasteiger partial charge in [-0.25, -0.2) is 0 Å². The van der Waals surface area contributed by atoms with Crippen LogP contribution in [-0.2, 0) is 4.79 Å². The van der Waals surface area contributed by atoms with Gasteiger partial charge in [0.15, 0.2) is 5.78 Å². The molecule has 0 aromatic rings. The fourth-order valence-electron chi connectivity index (χ4n) is 0.674. The zero-order valence-corrected chi connectivity index (χ0v) is 12.3. The minimum absolute atomic E-state index is 0.213. The van der Waals surface area contributed by atoms with Gasteiger partial charge in [-0.15, -0.1) is 23.2 Å². The van der Waals surface area contributed by atoms with Gasteiger partial charge in [0.1, 0.15) is 0 Å². The second-order valence-corrected chi connectivity index (χ2v) is 5.94. The van der Waals surface area contributed by atoms with E-state index in [9.17, 15) is 4.79 Å². The van der Waals surface area contributed by atoms with E-state index in [4.69, 9.17) is 34.8 Å². The van der Waals surface area contributed by atoms with Crippen LogP contribution in [0.15, 0.2) is 23.3 Å². The molecule has 0 aliphatic carbocycles. The third-order valence-corrected chi connectivity index (χ3v) is 5.12. The number of carbonyl (C=O) groups excluding carboxylic acids is 1. The van der Waals surface area contributed by atoms with E-state index >= 15 is 0 Å². The minimum atomic E-state index is -0.894. The second kappa shape index (κ2) is 6.29. The normalized spacial score (nSPS) is 18.1. The highest BCUT2D eigenvalue weighted by molar-refractivity contribution is 9.09. The molecule has 0 saturated heterocycles. The zero-order valence-electron chi connectivity index (χ0n) is 8.49. The summed E-state index contributed by atoms with van der Waals surface area (Å²) in [7, 11) is 0. The van der Waals surface area contributed by atoms with Crippen molar-refractivity contribution in [2.75, 3.05) is 5.88 Å². The molecule has 5 heteroatoms. The summed E-state index contributed by atoms with van der Waals surface area (Å²) < 4.78 is 0. The van der Waals surface area contributed by atoms with E-state index < -0.39 is 4.87 Å². The van der Waals surface area contributed by atoms with Gasteiger partial charge in [-0.3, -0.25) is 4.79 Å². The minimum Gasteiger partial charge on any atom is -0.290 e. The number of halogens is 4. The number of hydrogen-bond donors (Lipinski definition) is 0. The summed E-state index contributed by atoms with van der Waals surface area (Å²) in [6, 6.07) is 0. The van der Waals surface area contributed by atoms with E-state index in [-0.39, 0.29) is 15.6 Å². The molecule has 0 rings (SSSR count). The van der Waals surface area contributed by atoms with Crippen molar-refractivity contribution < 1.29 is 4.79 Å². The van der Waals surface area contributed by atoms with Crippen LogP contribution >= 0.6 is 50.7 Å². The first-order valence-corrected chi connectivity index (χ1v) is 6.40. The SMILES string of the molecule is C=C(C)C(=O)/C=C(\Cl)[C@@](C)(Cl)[C@H](Br)CCl. The molecule has 0 spiro atoms. The first kappa shape index (κ1) is 15.5. The van der Waals surface area contributed by atoms with Crippen molar-refractivity contribution in [1.82, 2.24) is 0 Å². The van der Waals surface area contributed by atoms with E-state index in [2.05, 4.69) is 22.5 Å². The molecule has 0 N–H and O–H groups in total. The molecular weight excluding hydrogens is 322 g/mol. The lowest BCUT2D eigenvalue weighted by molar-refractivity contribution is -0.111. The maximum absolute atomic E-state index is 11.3. The van der Waals surface area contributed by atoms with Crippen molar-refractivity contribution in [3.05, 3.63) is 23.3 Å². The molecule has 0 amide bonds. The highest BCUT2D eigenvalue weighted by atomic mass is 79.9. The average Bonchev–Trinajstić information content (AvgIpc) is 2.15.